The third-order valence-electron chi connectivity index (χ3n) is 2.75. The zero-order valence-electron chi connectivity index (χ0n) is 9.40. The molecule has 1 aromatic carbocycles. The Morgan fingerprint density at radius 3 is 2.88 bits per heavy atom. The molecule has 0 saturated heterocycles. The minimum Gasteiger partial charge on any atom is -0.494 e. The number of rotatable bonds is 2. The van der Waals surface area contributed by atoms with Crippen LogP contribution in [0.5, 0.6) is 5.75 Å². The van der Waals surface area contributed by atoms with E-state index in [0.717, 1.165) is 27.9 Å². The smallest absolute Gasteiger partial charge is 0.154 e. The summed E-state index contributed by atoms with van der Waals surface area (Å²) in [5.74, 6) is 0.723. The molecule has 3 heteroatoms. The minimum absolute atomic E-state index is 0.723. The lowest BCUT2D eigenvalue weighted by atomic mass is 10.1. The predicted octanol–water partition coefficient (Wildman–Crippen LogP) is 3.04. The Hall–Kier alpha value is -2.29. The van der Waals surface area contributed by atoms with Crippen LogP contribution < -0.4 is 4.74 Å². The monoisotopic (exact) mass is 223 g/mol. The van der Waals surface area contributed by atoms with E-state index in [1.807, 2.05) is 36.4 Å². The molecule has 0 bridgehead atoms. The van der Waals surface area contributed by atoms with E-state index < -0.39 is 0 Å². The standard InChI is InChI=1S/C14H11N2O/c1-17-13-9-16-12-7-4-5-10(14(12)13)11-6-2-3-8-15-11/h2-8,16H,1H3. The Labute approximate surface area is 99.1 Å². The number of pyridine rings is 1. The van der Waals surface area contributed by atoms with Crippen molar-refractivity contribution in [1.29, 1.82) is 0 Å². The highest BCUT2D eigenvalue weighted by molar-refractivity contribution is 5.98. The molecule has 0 unspecified atom stereocenters. The van der Waals surface area contributed by atoms with Gasteiger partial charge in [-0.3, -0.25) is 4.98 Å². The molecule has 0 aliphatic heterocycles. The Kier molecular flexibility index (Phi) is 2.29. The van der Waals surface area contributed by atoms with Crippen LogP contribution in [-0.4, -0.2) is 17.1 Å². The Morgan fingerprint density at radius 1 is 1.18 bits per heavy atom. The zero-order valence-corrected chi connectivity index (χ0v) is 9.40. The normalized spacial score (nSPS) is 10.6. The first kappa shape index (κ1) is 9.90. The summed E-state index contributed by atoms with van der Waals surface area (Å²) in [5.41, 5.74) is 2.99. The molecule has 0 atom stereocenters. The quantitative estimate of drug-likeness (QED) is 0.725. The number of fused-ring (bicyclic) bond motifs is 1. The molecule has 2 heterocycles. The number of H-pyrrole nitrogens is 1. The molecule has 83 valence electrons. The molecule has 2 aromatic heterocycles. The summed E-state index contributed by atoms with van der Waals surface area (Å²) >= 11 is 0. The Bertz CT molecular complexity index is 644. The van der Waals surface area contributed by atoms with Crippen LogP contribution in [0.1, 0.15) is 0 Å². The van der Waals surface area contributed by atoms with Crippen LogP contribution in [0.15, 0.2) is 42.6 Å². The van der Waals surface area contributed by atoms with Gasteiger partial charge in [0, 0.05) is 11.8 Å². The number of methoxy groups -OCH3 is 1. The van der Waals surface area contributed by atoms with Gasteiger partial charge in [-0.25, -0.2) is 0 Å². The molecule has 1 radical (unpaired) electrons. The number of hydrogen-bond donors (Lipinski definition) is 1. The Morgan fingerprint density at radius 2 is 2.12 bits per heavy atom. The number of benzene rings is 1. The van der Waals surface area contributed by atoms with Crippen molar-refractivity contribution < 1.29 is 4.74 Å². The lowest BCUT2D eigenvalue weighted by molar-refractivity contribution is 0.419. The number of nitrogens with zero attached hydrogens (tertiary/aromatic N) is 1. The van der Waals surface area contributed by atoms with Crippen molar-refractivity contribution in [2.24, 2.45) is 0 Å². The van der Waals surface area contributed by atoms with Gasteiger partial charge in [0.2, 0.25) is 0 Å². The van der Waals surface area contributed by atoms with Crippen LogP contribution in [0.4, 0.5) is 0 Å². The van der Waals surface area contributed by atoms with Crippen LogP contribution in [0.25, 0.3) is 22.2 Å². The third-order valence-corrected chi connectivity index (χ3v) is 2.75. The van der Waals surface area contributed by atoms with Gasteiger partial charge in [-0.1, -0.05) is 18.2 Å². The summed E-state index contributed by atoms with van der Waals surface area (Å²) in [5, 5.41) is 1.02. The molecule has 0 aliphatic rings. The van der Waals surface area contributed by atoms with Crippen molar-refractivity contribution in [2.45, 2.75) is 0 Å². The molecule has 3 rings (SSSR count). The summed E-state index contributed by atoms with van der Waals surface area (Å²) in [7, 11) is 1.65. The van der Waals surface area contributed by atoms with E-state index >= 15 is 0 Å². The molecular formula is C14H11N2O. The first-order valence-electron chi connectivity index (χ1n) is 5.38. The number of aromatic amines is 1. The lowest BCUT2D eigenvalue weighted by Gasteiger charge is -2.04. The van der Waals surface area contributed by atoms with Crippen molar-refractivity contribution in [3.8, 4) is 17.0 Å². The van der Waals surface area contributed by atoms with Crippen molar-refractivity contribution in [2.75, 3.05) is 7.11 Å². The average molecular weight is 223 g/mol. The second-order valence-electron chi connectivity index (χ2n) is 3.73. The summed E-state index contributed by atoms with van der Waals surface area (Å²) < 4.78 is 5.32. The molecule has 0 amide bonds. The van der Waals surface area contributed by atoms with Crippen molar-refractivity contribution >= 4 is 10.9 Å². The first-order valence-corrected chi connectivity index (χ1v) is 5.38. The fourth-order valence-electron chi connectivity index (χ4n) is 1.98. The maximum atomic E-state index is 5.32. The molecule has 0 aliphatic carbocycles. The van der Waals surface area contributed by atoms with E-state index in [4.69, 9.17) is 4.74 Å². The van der Waals surface area contributed by atoms with Crippen LogP contribution >= 0.6 is 0 Å². The van der Waals surface area contributed by atoms with Gasteiger partial charge in [0.15, 0.2) is 5.75 Å². The van der Waals surface area contributed by atoms with E-state index in [0.29, 0.717) is 0 Å². The maximum absolute atomic E-state index is 5.32. The molecule has 0 saturated carbocycles. The largest absolute Gasteiger partial charge is 0.494 e. The third kappa shape index (κ3) is 1.56. The van der Waals surface area contributed by atoms with Crippen LogP contribution in [0.2, 0.25) is 0 Å². The first-order chi connectivity index (χ1) is 8.40. The van der Waals surface area contributed by atoms with Crippen molar-refractivity contribution in [3.05, 3.63) is 48.8 Å². The molecule has 17 heavy (non-hydrogen) atoms. The second-order valence-corrected chi connectivity index (χ2v) is 3.73. The van der Waals surface area contributed by atoms with Gasteiger partial charge in [0.1, 0.15) is 6.20 Å². The van der Waals surface area contributed by atoms with Crippen molar-refractivity contribution in [3.63, 3.8) is 0 Å². The fraction of sp³-hybridized carbons (Fsp3) is 0.0714. The van der Waals surface area contributed by atoms with E-state index in [1.165, 1.54) is 0 Å². The zero-order chi connectivity index (χ0) is 11.7. The van der Waals surface area contributed by atoms with Crippen LogP contribution in [0, 0.1) is 6.20 Å². The summed E-state index contributed by atoms with van der Waals surface area (Å²) in [6.07, 6.45) is 4.79. The van der Waals surface area contributed by atoms with Gasteiger partial charge in [0.25, 0.3) is 0 Å². The van der Waals surface area contributed by atoms with Gasteiger partial charge in [-0.15, -0.1) is 0 Å². The highest BCUT2D eigenvalue weighted by atomic mass is 16.5. The fourth-order valence-corrected chi connectivity index (χ4v) is 1.98. The summed E-state index contributed by atoms with van der Waals surface area (Å²) in [6.45, 7) is 0. The SMILES string of the molecule is COc1[c][nH]c2cccc(-c3ccccn3)c12. The van der Waals surface area contributed by atoms with Crippen molar-refractivity contribution in [1.82, 2.24) is 9.97 Å². The van der Waals surface area contributed by atoms with Gasteiger partial charge >= 0.3 is 0 Å². The topological polar surface area (TPSA) is 37.9 Å². The minimum atomic E-state index is 0.723. The molecule has 1 N–H and O–H groups in total. The highest BCUT2D eigenvalue weighted by Gasteiger charge is 2.11. The Balaban J connectivity index is 2.33. The number of ether oxygens (including phenoxy) is 1. The van der Waals surface area contributed by atoms with Gasteiger partial charge < -0.3 is 9.72 Å². The number of nitrogens with one attached hydrogen (secondary N) is 1. The average Bonchev–Trinajstić information content (AvgIpc) is 2.82. The summed E-state index contributed by atoms with van der Waals surface area (Å²) in [6, 6.07) is 11.9. The number of hydrogen-bond acceptors (Lipinski definition) is 2. The van der Waals surface area contributed by atoms with E-state index in [1.54, 1.807) is 13.3 Å². The van der Waals surface area contributed by atoms with E-state index in [2.05, 4.69) is 16.2 Å². The van der Waals surface area contributed by atoms with E-state index in [-0.39, 0.29) is 0 Å². The molecule has 3 nitrogen and oxygen atoms in total. The summed E-state index contributed by atoms with van der Waals surface area (Å²) in [4.78, 5) is 7.44. The van der Waals surface area contributed by atoms with Crippen LogP contribution in [-0.2, 0) is 0 Å². The van der Waals surface area contributed by atoms with Gasteiger partial charge in [-0.2, -0.15) is 0 Å². The lowest BCUT2D eigenvalue weighted by Crippen LogP contribution is -1.85. The van der Waals surface area contributed by atoms with Gasteiger partial charge in [-0.05, 0) is 18.2 Å². The second kappa shape index (κ2) is 3.94. The van der Waals surface area contributed by atoms with Crippen LogP contribution in [0.3, 0.4) is 0 Å². The number of aromatic nitrogens is 2. The maximum Gasteiger partial charge on any atom is 0.154 e. The predicted molar refractivity (Wildman–Crippen MR) is 66.9 cm³/mol. The van der Waals surface area contributed by atoms with E-state index in [9.17, 15) is 0 Å². The highest BCUT2D eigenvalue weighted by Crippen LogP contribution is 2.33. The van der Waals surface area contributed by atoms with Gasteiger partial charge in [0.05, 0.1) is 23.7 Å². The molecule has 0 spiro atoms. The molecule has 3 aromatic rings. The molecular weight excluding hydrogens is 212 g/mol. The molecule has 0 fully saturated rings.